The molecule has 0 saturated carbocycles. The van der Waals surface area contributed by atoms with Crippen LogP contribution in [0.25, 0.3) is 16.6 Å². The van der Waals surface area contributed by atoms with Gasteiger partial charge in [0.25, 0.3) is 0 Å². The molecule has 0 bridgehead atoms. The number of nitrogens with zero attached hydrogens (tertiary/aromatic N) is 2. The molecule has 10 heteroatoms. The molecule has 1 heterocycles. The number of aromatic nitrogens is 1. The third-order valence-electron chi connectivity index (χ3n) is 6.18. The maximum Gasteiger partial charge on any atom is 0.416 e. The molecule has 0 aliphatic carbocycles. The van der Waals surface area contributed by atoms with Crippen LogP contribution in [0.3, 0.4) is 0 Å². The summed E-state index contributed by atoms with van der Waals surface area (Å²) in [7, 11) is 3.84. The number of esters is 2. The van der Waals surface area contributed by atoms with Gasteiger partial charge in [0.2, 0.25) is 0 Å². The number of halogens is 3. The minimum absolute atomic E-state index is 0.115. The molecule has 0 aliphatic rings. The molecule has 0 unspecified atom stereocenters. The van der Waals surface area contributed by atoms with Crippen molar-refractivity contribution in [1.29, 1.82) is 0 Å². The average Bonchev–Trinajstić information content (AvgIpc) is 3.21. The third kappa shape index (κ3) is 6.06. The summed E-state index contributed by atoms with van der Waals surface area (Å²) in [5, 5.41) is 0.457. The number of fused-ring (bicyclic) bond motifs is 1. The second-order valence-corrected chi connectivity index (χ2v) is 9.07. The molecule has 40 heavy (non-hydrogen) atoms. The number of hydrogen-bond acceptors (Lipinski definition) is 6. The number of benzene rings is 3. The Morgan fingerprint density at radius 2 is 1.48 bits per heavy atom. The molecule has 7 nitrogen and oxygen atoms in total. The second-order valence-electron chi connectivity index (χ2n) is 9.07. The lowest BCUT2D eigenvalue weighted by Crippen LogP contribution is -2.15. The van der Waals surface area contributed by atoms with Gasteiger partial charge in [-0.15, -0.1) is 0 Å². The van der Waals surface area contributed by atoms with E-state index in [0.29, 0.717) is 28.0 Å². The lowest BCUT2D eigenvalue weighted by atomic mass is 10.1. The lowest BCUT2D eigenvalue weighted by Gasteiger charge is -2.15. The molecule has 0 saturated heterocycles. The molecule has 0 spiro atoms. The van der Waals surface area contributed by atoms with E-state index in [-0.39, 0.29) is 30.9 Å². The molecular weight excluding hydrogens is 525 g/mol. The van der Waals surface area contributed by atoms with Crippen LogP contribution in [-0.4, -0.2) is 43.8 Å². The predicted octanol–water partition coefficient (Wildman–Crippen LogP) is 6.79. The van der Waals surface area contributed by atoms with E-state index < -0.39 is 23.7 Å². The number of hydrogen-bond donors (Lipinski definition) is 0. The van der Waals surface area contributed by atoms with Crippen molar-refractivity contribution >= 4 is 28.5 Å². The van der Waals surface area contributed by atoms with Crippen molar-refractivity contribution in [2.45, 2.75) is 26.4 Å². The van der Waals surface area contributed by atoms with E-state index in [1.807, 2.05) is 43.3 Å². The van der Waals surface area contributed by atoms with Crippen LogP contribution in [0.4, 0.5) is 18.9 Å². The Bertz CT molecular complexity index is 1510. The molecule has 4 rings (SSSR count). The van der Waals surface area contributed by atoms with E-state index in [1.54, 1.807) is 36.6 Å². The highest BCUT2D eigenvalue weighted by Crippen LogP contribution is 2.36. The van der Waals surface area contributed by atoms with Gasteiger partial charge in [-0.05, 0) is 80.6 Å². The lowest BCUT2D eigenvalue weighted by molar-refractivity contribution is -0.142. The molecule has 0 N–H and O–H groups in total. The molecule has 0 atom stereocenters. The van der Waals surface area contributed by atoms with E-state index in [9.17, 15) is 22.8 Å². The Morgan fingerprint density at radius 3 is 2.05 bits per heavy atom. The van der Waals surface area contributed by atoms with Crippen molar-refractivity contribution in [3.05, 3.63) is 83.6 Å². The van der Waals surface area contributed by atoms with Crippen LogP contribution in [0.2, 0.25) is 0 Å². The Balaban J connectivity index is 1.88. The van der Waals surface area contributed by atoms with E-state index in [2.05, 4.69) is 0 Å². The highest BCUT2D eigenvalue weighted by molar-refractivity contribution is 6.07. The first-order valence-electron chi connectivity index (χ1n) is 12.7. The first-order valence-corrected chi connectivity index (χ1v) is 12.7. The summed E-state index contributed by atoms with van der Waals surface area (Å²) in [4.78, 5) is 27.9. The first kappa shape index (κ1) is 28.5. The number of carbonyl (C=O) groups is 2. The summed E-state index contributed by atoms with van der Waals surface area (Å²) >= 11 is 0. The fourth-order valence-corrected chi connectivity index (χ4v) is 4.38. The van der Waals surface area contributed by atoms with E-state index in [0.717, 1.165) is 17.8 Å². The molecule has 0 amide bonds. The SMILES string of the molecule is CCOC(=O)Cc1c(C(=O)OCC)c2cc(Oc3ccc(C(F)(F)F)cc3)ccc2n1-c1ccc(N(C)C)cc1. The van der Waals surface area contributed by atoms with Crippen LogP contribution in [0.5, 0.6) is 11.5 Å². The van der Waals surface area contributed by atoms with Gasteiger partial charge in [0.15, 0.2) is 0 Å². The van der Waals surface area contributed by atoms with Crippen LogP contribution in [-0.2, 0) is 26.9 Å². The largest absolute Gasteiger partial charge is 0.466 e. The van der Waals surface area contributed by atoms with Gasteiger partial charge >= 0.3 is 18.1 Å². The number of alkyl halides is 3. The van der Waals surface area contributed by atoms with Gasteiger partial charge in [0.1, 0.15) is 11.5 Å². The number of ether oxygens (including phenoxy) is 3. The summed E-state index contributed by atoms with van der Waals surface area (Å²) in [6.45, 7) is 3.67. The summed E-state index contributed by atoms with van der Waals surface area (Å²) < 4.78 is 57.1. The Labute approximate surface area is 229 Å². The number of rotatable bonds is 9. The summed E-state index contributed by atoms with van der Waals surface area (Å²) in [6, 6.07) is 16.9. The van der Waals surface area contributed by atoms with Crippen LogP contribution in [0.1, 0.15) is 35.5 Å². The van der Waals surface area contributed by atoms with Gasteiger partial charge in [-0.1, -0.05) is 0 Å². The monoisotopic (exact) mass is 554 g/mol. The van der Waals surface area contributed by atoms with Crippen LogP contribution < -0.4 is 9.64 Å². The molecular formula is C30H29F3N2O5. The van der Waals surface area contributed by atoms with Crippen LogP contribution in [0.15, 0.2) is 66.7 Å². The number of carbonyl (C=O) groups excluding carboxylic acids is 2. The van der Waals surface area contributed by atoms with Gasteiger partial charge in [-0.25, -0.2) is 4.79 Å². The van der Waals surface area contributed by atoms with Crippen molar-refractivity contribution in [2.75, 3.05) is 32.2 Å². The maximum atomic E-state index is 13.3. The van der Waals surface area contributed by atoms with Gasteiger partial charge in [0, 0.05) is 36.6 Å². The zero-order valence-electron chi connectivity index (χ0n) is 22.5. The van der Waals surface area contributed by atoms with Crippen molar-refractivity contribution in [1.82, 2.24) is 4.57 Å². The van der Waals surface area contributed by atoms with Crippen molar-refractivity contribution in [3.8, 4) is 17.2 Å². The molecule has 210 valence electrons. The van der Waals surface area contributed by atoms with Gasteiger partial charge in [-0.2, -0.15) is 13.2 Å². The topological polar surface area (TPSA) is 70.0 Å². The zero-order chi connectivity index (χ0) is 29.0. The van der Waals surface area contributed by atoms with Crippen molar-refractivity contribution in [2.24, 2.45) is 0 Å². The quantitative estimate of drug-likeness (QED) is 0.212. The zero-order valence-corrected chi connectivity index (χ0v) is 22.5. The molecule has 0 radical (unpaired) electrons. The fraction of sp³-hybridized carbons (Fsp3) is 0.267. The number of anilines is 1. The second kappa shape index (κ2) is 11.7. The molecule has 4 aromatic rings. The minimum Gasteiger partial charge on any atom is -0.466 e. The van der Waals surface area contributed by atoms with Crippen LogP contribution in [0, 0.1) is 0 Å². The Morgan fingerprint density at radius 1 is 0.850 bits per heavy atom. The highest BCUT2D eigenvalue weighted by Gasteiger charge is 2.30. The summed E-state index contributed by atoms with van der Waals surface area (Å²) in [5.74, 6) is -0.651. The minimum atomic E-state index is -4.46. The summed E-state index contributed by atoms with van der Waals surface area (Å²) in [5.41, 5.74) is 2.06. The molecule has 0 aliphatic heterocycles. The predicted molar refractivity (Wildman–Crippen MR) is 145 cm³/mol. The van der Waals surface area contributed by atoms with E-state index in [1.165, 1.54) is 12.1 Å². The van der Waals surface area contributed by atoms with Crippen molar-refractivity contribution in [3.63, 3.8) is 0 Å². The van der Waals surface area contributed by atoms with Crippen molar-refractivity contribution < 1.29 is 37.0 Å². The van der Waals surface area contributed by atoms with E-state index >= 15 is 0 Å². The van der Waals surface area contributed by atoms with Crippen LogP contribution >= 0.6 is 0 Å². The first-order chi connectivity index (χ1) is 19.0. The maximum absolute atomic E-state index is 13.3. The average molecular weight is 555 g/mol. The van der Waals surface area contributed by atoms with Gasteiger partial charge < -0.3 is 23.7 Å². The molecule has 3 aromatic carbocycles. The molecule has 0 fully saturated rings. The fourth-order valence-electron chi connectivity index (χ4n) is 4.38. The highest BCUT2D eigenvalue weighted by atomic mass is 19.4. The smallest absolute Gasteiger partial charge is 0.416 e. The normalized spacial score (nSPS) is 11.4. The van der Waals surface area contributed by atoms with E-state index in [4.69, 9.17) is 14.2 Å². The third-order valence-corrected chi connectivity index (χ3v) is 6.18. The standard InChI is InChI=1S/C30H29F3N2O5/c1-5-38-27(36)18-26-28(29(37)39-6-2)24-17-23(40-22-13-7-19(8-14-22)30(31,32)33)15-16-25(24)35(26)21-11-9-20(10-12-21)34(3)4/h7-17H,5-6,18H2,1-4H3. The van der Waals surface area contributed by atoms with Gasteiger partial charge in [0.05, 0.1) is 36.3 Å². The Kier molecular flexibility index (Phi) is 8.37. The van der Waals surface area contributed by atoms with Gasteiger partial charge in [-0.3, -0.25) is 4.79 Å². The summed E-state index contributed by atoms with van der Waals surface area (Å²) in [6.07, 6.45) is -4.66. The molecule has 1 aromatic heterocycles. The Hall–Kier alpha value is -4.47.